The number of hydrogen-bond donors (Lipinski definition) is 1. The molecule has 0 aliphatic rings. The van der Waals surface area contributed by atoms with Gasteiger partial charge in [-0.25, -0.2) is 0 Å². The van der Waals surface area contributed by atoms with Crippen LogP contribution in [0.5, 0.6) is 11.5 Å². The Morgan fingerprint density at radius 3 is 2.29 bits per heavy atom. The Balaban J connectivity index is 1.98. The highest BCUT2D eigenvalue weighted by atomic mass is 16.5. The third kappa shape index (κ3) is 4.91. The highest BCUT2D eigenvalue weighted by molar-refractivity contribution is 5.33. The van der Waals surface area contributed by atoms with E-state index < -0.39 is 0 Å². The lowest BCUT2D eigenvalue weighted by atomic mass is 9.84. The molecular formula is C19H25NO. The number of aryl methyl sites for hydroxylation is 1. The second-order valence-corrected chi connectivity index (χ2v) is 6.57. The van der Waals surface area contributed by atoms with Crippen molar-refractivity contribution in [3.8, 4) is 11.5 Å². The smallest absolute Gasteiger partial charge is 0.127 e. The van der Waals surface area contributed by atoms with E-state index in [2.05, 4.69) is 32.9 Å². The highest BCUT2D eigenvalue weighted by Crippen LogP contribution is 2.24. The fraction of sp³-hybridized carbons (Fsp3) is 0.368. The predicted molar refractivity (Wildman–Crippen MR) is 88.7 cm³/mol. The molecule has 2 rings (SSSR count). The lowest BCUT2D eigenvalue weighted by Gasteiger charge is -2.27. The first-order valence-electron chi connectivity index (χ1n) is 7.52. The van der Waals surface area contributed by atoms with Crippen LogP contribution in [-0.2, 0) is 6.42 Å². The Hall–Kier alpha value is -1.80. The van der Waals surface area contributed by atoms with E-state index in [9.17, 15) is 0 Å². The summed E-state index contributed by atoms with van der Waals surface area (Å²) in [5, 5.41) is 0. The maximum Gasteiger partial charge on any atom is 0.127 e. The van der Waals surface area contributed by atoms with E-state index in [4.69, 9.17) is 10.5 Å². The third-order valence-corrected chi connectivity index (χ3v) is 3.73. The van der Waals surface area contributed by atoms with Gasteiger partial charge in [0, 0.05) is 6.04 Å². The Bertz CT molecular complexity index is 557. The summed E-state index contributed by atoms with van der Waals surface area (Å²) in [6.07, 6.45) is 1.96. The summed E-state index contributed by atoms with van der Waals surface area (Å²) >= 11 is 0. The van der Waals surface area contributed by atoms with Crippen LogP contribution in [0.15, 0.2) is 54.6 Å². The summed E-state index contributed by atoms with van der Waals surface area (Å²) in [6, 6.07) is 18.3. The number of nitrogens with two attached hydrogens (primary N) is 1. The summed E-state index contributed by atoms with van der Waals surface area (Å²) < 4.78 is 5.86. The van der Waals surface area contributed by atoms with Crippen LogP contribution in [-0.4, -0.2) is 6.04 Å². The van der Waals surface area contributed by atoms with Gasteiger partial charge in [0.05, 0.1) is 0 Å². The molecule has 0 aliphatic heterocycles. The van der Waals surface area contributed by atoms with Crippen LogP contribution in [0.4, 0.5) is 0 Å². The number of ether oxygens (including phenoxy) is 1. The molecule has 0 aliphatic carbocycles. The lowest BCUT2D eigenvalue weighted by Crippen LogP contribution is -2.35. The topological polar surface area (TPSA) is 35.2 Å². The molecule has 0 bridgehead atoms. The van der Waals surface area contributed by atoms with Crippen molar-refractivity contribution < 1.29 is 4.74 Å². The first kappa shape index (κ1) is 15.6. The van der Waals surface area contributed by atoms with E-state index in [0.29, 0.717) is 0 Å². The van der Waals surface area contributed by atoms with Crippen LogP contribution < -0.4 is 10.5 Å². The van der Waals surface area contributed by atoms with E-state index in [-0.39, 0.29) is 11.5 Å². The van der Waals surface area contributed by atoms with Gasteiger partial charge in [0.15, 0.2) is 0 Å². The van der Waals surface area contributed by atoms with Gasteiger partial charge in [0.2, 0.25) is 0 Å². The van der Waals surface area contributed by atoms with Gasteiger partial charge < -0.3 is 10.5 Å². The van der Waals surface area contributed by atoms with Gasteiger partial charge in [-0.3, -0.25) is 0 Å². The van der Waals surface area contributed by atoms with Crippen LogP contribution in [0.2, 0.25) is 0 Å². The number of para-hydroxylation sites is 1. The first-order valence-corrected chi connectivity index (χ1v) is 7.52. The maximum atomic E-state index is 6.23. The molecule has 2 aromatic carbocycles. The Morgan fingerprint density at radius 1 is 0.952 bits per heavy atom. The quantitative estimate of drug-likeness (QED) is 0.856. The number of benzene rings is 2. The fourth-order valence-electron chi connectivity index (χ4n) is 2.14. The number of hydrogen-bond acceptors (Lipinski definition) is 2. The molecule has 1 atom stereocenters. The van der Waals surface area contributed by atoms with Crippen LogP contribution in [0.1, 0.15) is 32.8 Å². The molecule has 2 aromatic rings. The van der Waals surface area contributed by atoms with Crippen LogP contribution >= 0.6 is 0 Å². The molecule has 0 amide bonds. The van der Waals surface area contributed by atoms with Crippen molar-refractivity contribution in [2.24, 2.45) is 11.1 Å². The van der Waals surface area contributed by atoms with Crippen molar-refractivity contribution in [2.75, 3.05) is 0 Å². The Morgan fingerprint density at radius 2 is 1.62 bits per heavy atom. The van der Waals surface area contributed by atoms with Gasteiger partial charge >= 0.3 is 0 Å². The summed E-state index contributed by atoms with van der Waals surface area (Å²) in [5.41, 5.74) is 7.65. The van der Waals surface area contributed by atoms with Gasteiger partial charge in [-0.2, -0.15) is 0 Å². The molecule has 0 heterocycles. The molecule has 2 heteroatoms. The second kappa shape index (κ2) is 6.77. The predicted octanol–water partition coefficient (Wildman–Crippen LogP) is 4.78. The third-order valence-electron chi connectivity index (χ3n) is 3.73. The first-order chi connectivity index (χ1) is 9.95. The van der Waals surface area contributed by atoms with Crippen molar-refractivity contribution in [1.29, 1.82) is 0 Å². The zero-order valence-electron chi connectivity index (χ0n) is 13.2. The summed E-state index contributed by atoms with van der Waals surface area (Å²) in [6.45, 7) is 6.56. The zero-order chi connectivity index (χ0) is 15.3. The highest BCUT2D eigenvalue weighted by Gasteiger charge is 2.19. The molecule has 0 aromatic heterocycles. The fourth-order valence-corrected chi connectivity index (χ4v) is 2.14. The SMILES string of the molecule is CC(C)(C)C(N)CCc1cccc(Oc2ccccc2)c1. The molecule has 0 fully saturated rings. The summed E-state index contributed by atoms with van der Waals surface area (Å²) in [5.74, 6) is 1.74. The summed E-state index contributed by atoms with van der Waals surface area (Å²) in [7, 11) is 0. The van der Waals surface area contributed by atoms with E-state index in [0.717, 1.165) is 24.3 Å². The molecule has 112 valence electrons. The molecular weight excluding hydrogens is 258 g/mol. The van der Waals surface area contributed by atoms with Gasteiger partial charge in [-0.05, 0) is 48.1 Å². The van der Waals surface area contributed by atoms with Crippen LogP contribution in [0, 0.1) is 5.41 Å². The van der Waals surface area contributed by atoms with Crippen molar-refractivity contribution in [3.63, 3.8) is 0 Å². The van der Waals surface area contributed by atoms with Crippen LogP contribution in [0.3, 0.4) is 0 Å². The van der Waals surface area contributed by atoms with Crippen molar-refractivity contribution >= 4 is 0 Å². The van der Waals surface area contributed by atoms with Crippen molar-refractivity contribution in [1.82, 2.24) is 0 Å². The molecule has 2 nitrogen and oxygen atoms in total. The van der Waals surface area contributed by atoms with Gasteiger partial charge in [0.1, 0.15) is 11.5 Å². The standard InChI is InChI=1S/C19H25NO/c1-19(2,3)18(20)13-12-15-8-7-11-17(14-15)21-16-9-5-4-6-10-16/h4-11,14,18H,12-13,20H2,1-3H3. The molecule has 21 heavy (non-hydrogen) atoms. The van der Waals surface area contributed by atoms with Gasteiger partial charge in [0.25, 0.3) is 0 Å². The number of rotatable bonds is 5. The minimum absolute atomic E-state index is 0.151. The average molecular weight is 283 g/mol. The Kier molecular flexibility index (Phi) is 5.03. The molecule has 0 spiro atoms. The minimum Gasteiger partial charge on any atom is -0.457 e. The lowest BCUT2D eigenvalue weighted by molar-refractivity contribution is 0.306. The maximum absolute atomic E-state index is 6.23. The normalized spacial score (nSPS) is 13.0. The van der Waals surface area contributed by atoms with E-state index in [1.165, 1.54) is 5.56 Å². The van der Waals surface area contributed by atoms with E-state index >= 15 is 0 Å². The molecule has 0 saturated carbocycles. The van der Waals surface area contributed by atoms with E-state index in [1.54, 1.807) is 0 Å². The zero-order valence-corrected chi connectivity index (χ0v) is 13.2. The van der Waals surface area contributed by atoms with Gasteiger partial charge in [-0.1, -0.05) is 51.1 Å². The Labute approximate surface area is 127 Å². The molecule has 2 N–H and O–H groups in total. The van der Waals surface area contributed by atoms with E-state index in [1.807, 2.05) is 42.5 Å². The average Bonchev–Trinajstić information content (AvgIpc) is 2.45. The largest absolute Gasteiger partial charge is 0.457 e. The summed E-state index contributed by atoms with van der Waals surface area (Å²) in [4.78, 5) is 0. The minimum atomic E-state index is 0.151. The molecule has 0 saturated heterocycles. The molecule has 1 unspecified atom stereocenters. The van der Waals surface area contributed by atoms with Crippen molar-refractivity contribution in [3.05, 3.63) is 60.2 Å². The van der Waals surface area contributed by atoms with Gasteiger partial charge in [-0.15, -0.1) is 0 Å². The van der Waals surface area contributed by atoms with Crippen molar-refractivity contribution in [2.45, 2.75) is 39.7 Å². The monoisotopic (exact) mass is 283 g/mol. The second-order valence-electron chi connectivity index (χ2n) is 6.57. The van der Waals surface area contributed by atoms with Crippen LogP contribution in [0.25, 0.3) is 0 Å². The molecule has 0 radical (unpaired) electrons.